The third kappa shape index (κ3) is 7.43. The first kappa shape index (κ1) is 30.5. The molecule has 0 aliphatic carbocycles. The number of Topliss-reactive ketones (excluding diaryl/α,β-unsaturated/α-hetero) is 1. The van der Waals surface area contributed by atoms with Crippen LogP contribution in [0.5, 0.6) is 0 Å². The van der Waals surface area contributed by atoms with Crippen LogP contribution < -0.4 is 0 Å². The number of carbonyl (C=O) groups excluding carboxylic acids is 1. The number of nitrogens with zero attached hydrogens (tertiary/aromatic N) is 2. The molecular weight excluding hydrogens is 536 g/mol. The van der Waals surface area contributed by atoms with Gasteiger partial charge in [0.15, 0.2) is 0 Å². The van der Waals surface area contributed by atoms with Gasteiger partial charge in [-0.05, 0) is 101 Å². The van der Waals surface area contributed by atoms with E-state index in [0.29, 0.717) is 0 Å². The largest absolute Gasteiger partial charge is 0.309 e. The lowest BCUT2D eigenvalue weighted by Gasteiger charge is -2.07. The van der Waals surface area contributed by atoms with Crippen LogP contribution in [0.2, 0.25) is 5.02 Å². The summed E-state index contributed by atoms with van der Waals surface area (Å²) in [6.45, 7) is 11.4. The van der Waals surface area contributed by atoms with Crippen LogP contribution in [0, 0.1) is 20.8 Å². The normalized spacial score (nSPS) is 11.0. The molecule has 1 aromatic heterocycles. The van der Waals surface area contributed by atoms with Crippen molar-refractivity contribution in [2.24, 2.45) is 4.99 Å². The number of fused-ring (bicyclic) bond motifs is 3. The smallest absolute Gasteiger partial charge is 0.126 e. The van der Waals surface area contributed by atoms with E-state index in [2.05, 4.69) is 108 Å². The summed E-state index contributed by atoms with van der Waals surface area (Å²) in [5.74, 6) is 0.167. The van der Waals surface area contributed by atoms with E-state index in [9.17, 15) is 4.79 Å². The molecule has 0 atom stereocenters. The molecule has 0 aliphatic rings. The van der Waals surface area contributed by atoms with Crippen molar-refractivity contribution in [3.05, 3.63) is 143 Å². The van der Waals surface area contributed by atoms with E-state index < -0.39 is 0 Å². The molecule has 42 heavy (non-hydrogen) atoms. The minimum absolute atomic E-state index is 0.167. The van der Waals surface area contributed by atoms with Gasteiger partial charge < -0.3 is 9.36 Å². The van der Waals surface area contributed by atoms with Gasteiger partial charge in [0, 0.05) is 27.2 Å². The van der Waals surface area contributed by atoms with Gasteiger partial charge in [-0.15, -0.1) is 0 Å². The molecule has 4 heteroatoms. The van der Waals surface area contributed by atoms with Crippen LogP contribution in [0.25, 0.3) is 27.5 Å². The molecule has 212 valence electrons. The molecule has 6 aromatic rings. The average Bonchev–Trinajstić information content (AvgIpc) is 3.29. The second-order valence-corrected chi connectivity index (χ2v) is 11.0. The molecule has 0 N–H and O–H groups in total. The lowest BCUT2D eigenvalue weighted by atomic mass is 10.1. The molecule has 0 radical (unpaired) electrons. The van der Waals surface area contributed by atoms with Crippen molar-refractivity contribution in [3.63, 3.8) is 0 Å². The Balaban J connectivity index is 0.000000172. The van der Waals surface area contributed by atoms with Crippen molar-refractivity contribution in [2.45, 2.75) is 41.5 Å². The fraction of sp³-hybridized carbons (Fsp3) is 0.158. The lowest BCUT2D eigenvalue weighted by molar-refractivity contribution is -0.114. The summed E-state index contributed by atoms with van der Waals surface area (Å²) in [6.07, 6.45) is 0. The average molecular weight is 573 g/mol. The summed E-state index contributed by atoms with van der Waals surface area (Å²) in [6, 6.07) is 39.9. The second kappa shape index (κ2) is 13.9. The Morgan fingerprint density at radius 3 is 1.98 bits per heavy atom. The van der Waals surface area contributed by atoms with E-state index >= 15 is 0 Å². The number of aryl methyl sites for hydroxylation is 3. The molecule has 1 heterocycles. The number of aromatic nitrogens is 1. The van der Waals surface area contributed by atoms with Crippen LogP contribution >= 0.6 is 11.6 Å². The van der Waals surface area contributed by atoms with Crippen molar-refractivity contribution in [1.82, 2.24) is 4.57 Å². The zero-order valence-corrected chi connectivity index (χ0v) is 25.9. The second-order valence-electron chi connectivity index (χ2n) is 10.6. The monoisotopic (exact) mass is 572 g/mol. The van der Waals surface area contributed by atoms with Crippen molar-refractivity contribution in [3.8, 4) is 5.69 Å². The minimum Gasteiger partial charge on any atom is -0.309 e. The molecule has 0 amide bonds. The van der Waals surface area contributed by atoms with E-state index in [0.717, 1.165) is 22.0 Å². The van der Waals surface area contributed by atoms with Crippen LogP contribution in [0.4, 0.5) is 5.69 Å². The summed E-state index contributed by atoms with van der Waals surface area (Å²) >= 11 is 6.01. The first-order valence-electron chi connectivity index (χ1n) is 14.1. The molecule has 0 saturated heterocycles. The Morgan fingerprint density at radius 1 is 0.643 bits per heavy atom. The predicted molar refractivity (Wildman–Crippen MR) is 181 cm³/mol. The molecule has 5 aromatic carbocycles. The van der Waals surface area contributed by atoms with E-state index in [4.69, 9.17) is 11.6 Å². The van der Waals surface area contributed by atoms with Crippen LogP contribution in [0.15, 0.2) is 120 Å². The third-order valence-corrected chi connectivity index (χ3v) is 7.07. The van der Waals surface area contributed by atoms with E-state index in [1.54, 1.807) is 0 Å². The molecule has 0 fully saturated rings. The summed E-state index contributed by atoms with van der Waals surface area (Å²) < 4.78 is 2.34. The molecule has 0 bridgehead atoms. The number of rotatable bonds is 3. The van der Waals surface area contributed by atoms with Crippen LogP contribution in [-0.2, 0) is 4.79 Å². The zero-order valence-electron chi connectivity index (χ0n) is 25.2. The molecule has 6 rings (SSSR count). The van der Waals surface area contributed by atoms with Gasteiger partial charge >= 0.3 is 0 Å². The van der Waals surface area contributed by atoms with Gasteiger partial charge in [0.25, 0.3) is 0 Å². The number of ketones is 1. The van der Waals surface area contributed by atoms with Crippen molar-refractivity contribution in [2.75, 3.05) is 0 Å². The highest BCUT2D eigenvalue weighted by atomic mass is 35.5. The fourth-order valence-electron chi connectivity index (χ4n) is 4.86. The van der Waals surface area contributed by atoms with Crippen molar-refractivity contribution >= 4 is 50.6 Å². The molecule has 0 saturated carbocycles. The first-order chi connectivity index (χ1) is 20.2. The molecular formula is C38H37ClN2O. The number of para-hydroxylation sites is 2. The Kier molecular flexibility index (Phi) is 10.1. The van der Waals surface area contributed by atoms with Gasteiger partial charge in [0.05, 0.1) is 16.7 Å². The molecule has 0 spiro atoms. The van der Waals surface area contributed by atoms with Crippen LogP contribution in [-0.4, -0.2) is 16.1 Å². The molecule has 0 aliphatic heterocycles. The van der Waals surface area contributed by atoms with Gasteiger partial charge in [-0.2, -0.15) is 0 Å². The van der Waals surface area contributed by atoms with Gasteiger partial charge in [-0.1, -0.05) is 90.0 Å². The summed E-state index contributed by atoms with van der Waals surface area (Å²) in [7, 11) is 0. The first-order valence-corrected chi connectivity index (χ1v) is 14.4. The number of benzene rings is 5. The summed E-state index contributed by atoms with van der Waals surface area (Å²) in [5.41, 5.74) is 10.5. The van der Waals surface area contributed by atoms with Crippen molar-refractivity contribution < 1.29 is 4.79 Å². The SMILES string of the molecule is CC(=Nc1cc(Cl)ccc1C)c1ccccc1C.CC(C)=O.Cc1ccc2c(c1)c1ccccc1n2-c1ccccc1. The quantitative estimate of drug-likeness (QED) is 0.194. The van der Waals surface area contributed by atoms with Crippen molar-refractivity contribution in [1.29, 1.82) is 0 Å². The van der Waals surface area contributed by atoms with Gasteiger partial charge in [-0.25, -0.2) is 0 Å². The molecule has 3 nitrogen and oxygen atoms in total. The standard InChI is InChI=1S/C19H15N.C16H16ClN.C3H6O/c1-14-11-12-19-17(13-14)16-9-5-6-10-18(16)20(19)15-7-3-2-4-8-15;1-11-6-4-5-7-15(11)13(3)18-16-10-14(17)9-8-12(16)2;1-3(2)4/h2-13H,1H3;4-10H,1-3H3;1-2H3. The number of halogens is 1. The third-order valence-electron chi connectivity index (χ3n) is 6.84. The minimum atomic E-state index is 0.167. The summed E-state index contributed by atoms with van der Waals surface area (Å²) in [4.78, 5) is 14.1. The zero-order chi connectivity index (χ0) is 30.2. The highest BCUT2D eigenvalue weighted by Crippen LogP contribution is 2.32. The highest BCUT2D eigenvalue weighted by molar-refractivity contribution is 6.30. The maximum absolute atomic E-state index is 9.44. The predicted octanol–water partition coefficient (Wildman–Crippen LogP) is 10.8. The molecule has 0 unspecified atom stereocenters. The Labute approximate surface area is 254 Å². The number of hydrogen-bond donors (Lipinski definition) is 0. The Morgan fingerprint density at radius 2 is 1.26 bits per heavy atom. The Hall–Kier alpha value is -4.47. The highest BCUT2D eigenvalue weighted by Gasteiger charge is 2.11. The van der Waals surface area contributed by atoms with Gasteiger partial charge in [0.2, 0.25) is 0 Å². The summed E-state index contributed by atoms with van der Waals surface area (Å²) in [5, 5.41) is 3.36. The number of carbonyl (C=O) groups is 1. The van der Waals surface area contributed by atoms with Crippen LogP contribution in [0.1, 0.15) is 43.0 Å². The number of hydrogen-bond acceptors (Lipinski definition) is 2. The van der Waals surface area contributed by atoms with E-state index in [1.165, 1.54) is 58.0 Å². The van der Waals surface area contributed by atoms with Gasteiger partial charge in [0.1, 0.15) is 5.78 Å². The lowest BCUT2D eigenvalue weighted by Crippen LogP contribution is -1.97. The number of aliphatic imine (C=N–C) groups is 1. The fourth-order valence-corrected chi connectivity index (χ4v) is 5.03. The maximum Gasteiger partial charge on any atom is 0.126 e. The van der Waals surface area contributed by atoms with Gasteiger partial charge in [-0.3, -0.25) is 4.99 Å². The van der Waals surface area contributed by atoms with E-state index in [1.807, 2.05) is 44.2 Å². The van der Waals surface area contributed by atoms with E-state index in [-0.39, 0.29) is 5.78 Å². The topological polar surface area (TPSA) is 34.4 Å². The Bertz CT molecular complexity index is 1860. The van der Waals surface area contributed by atoms with Crippen LogP contribution in [0.3, 0.4) is 0 Å². The maximum atomic E-state index is 9.44.